The van der Waals surface area contributed by atoms with Crippen LogP contribution in [0.15, 0.2) is 72.8 Å². The quantitative estimate of drug-likeness (QED) is 0.338. The van der Waals surface area contributed by atoms with Crippen molar-refractivity contribution in [2.75, 3.05) is 5.32 Å². The average Bonchev–Trinajstić information content (AvgIpc) is 2.85. The second-order valence-electron chi connectivity index (χ2n) is 8.08. The smallest absolute Gasteiger partial charge is 0.230 e. The van der Waals surface area contributed by atoms with Crippen molar-refractivity contribution in [3.05, 3.63) is 98.8 Å². The van der Waals surface area contributed by atoms with Gasteiger partial charge in [-0.15, -0.1) is 0 Å². The first-order valence-electron chi connectivity index (χ1n) is 10.8. The SMILES string of the molecule is O=C(Cc1ccc(I)cc1)Nc1nc2c(nc1-c1ccccc1)-c1ccc(CO)cc1CC2. The van der Waals surface area contributed by atoms with E-state index in [1.54, 1.807) is 0 Å². The molecular formula is C27H22IN3O2. The second-order valence-corrected chi connectivity index (χ2v) is 9.33. The van der Waals surface area contributed by atoms with Gasteiger partial charge in [-0.3, -0.25) is 4.79 Å². The van der Waals surface area contributed by atoms with Crippen molar-refractivity contribution in [3.8, 4) is 22.5 Å². The Bertz CT molecular complexity index is 1320. The monoisotopic (exact) mass is 547 g/mol. The van der Waals surface area contributed by atoms with E-state index in [0.717, 1.165) is 55.6 Å². The number of carbonyl (C=O) groups excluding carboxylic acids is 1. The molecule has 33 heavy (non-hydrogen) atoms. The van der Waals surface area contributed by atoms with Crippen LogP contribution in [0.25, 0.3) is 22.5 Å². The van der Waals surface area contributed by atoms with E-state index in [4.69, 9.17) is 9.97 Å². The Labute approximate surface area is 206 Å². The number of anilines is 1. The summed E-state index contributed by atoms with van der Waals surface area (Å²) in [6, 6.07) is 23.7. The van der Waals surface area contributed by atoms with Crippen molar-refractivity contribution >= 4 is 34.3 Å². The van der Waals surface area contributed by atoms with Gasteiger partial charge in [0.15, 0.2) is 5.82 Å². The van der Waals surface area contributed by atoms with Crippen LogP contribution in [0.4, 0.5) is 5.82 Å². The number of amides is 1. The number of benzene rings is 3. The molecule has 0 atom stereocenters. The van der Waals surface area contributed by atoms with Gasteiger partial charge in [-0.25, -0.2) is 9.97 Å². The fourth-order valence-electron chi connectivity index (χ4n) is 4.14. The van der Waals surface area contributed by atoms with E-state index in [2.05, 4.69) is 27.9 Å². The Morgan fingerprint density at radius 3 is 2.42 bits per heavy atom. The normalized spacial score (nSPS) is 12.1. The number of nitrogens with one attached hydrogen (secondary N) is 1. The lowest BCUT2D eigenvalue weighted by atomic mass is 9.90. The Kier molecular flexibility index (Phi) is 6.20. The lowest BCUT2D eigenvalue weighted by Crippen LogP contribution is -2.19. The Morgan fingerprint density at radius 2 is 1.67 bits per heavy atom. The molecule has 5 nitrogen and oxygen atoms in total. The third-order valence-electron chi connectivity index (χ3n) is 5.79. The minimum atomic E-state index is -0.119. The molecule has 1 aliphatic rings. The van der Waals surface area contributed by atoms with Gasteiger partial charge in [-0.1, -0.05) is 60.7 Å². The first-order chi connectivity index (χ1) is 16.1. The lowest BCUT2D eigenvalue weighted by molar-refractivity contribution is -0.115. The maximum Gasteiger partial charge on any atom is 0.230 e. The molecule has 0 unspecified atom stereocenters. The molecule has 1 amide bonds. The average molecular weight is 547 g/mol. The molecule has 1 aromatic heterocycles. The molecule has 0 bridgehead atoms. The summed E-state index contributed by atoms with van der Waals surface area (Å²) in [7, 11) is 0. The number of rotatable bonds is 5. The topological polar surface area (TPSA) is 75.1 Å². The molecule has 2 N–H and O–H groups in total. The number of halogens is 1. The highest BCUT2D eigenvalue weighted by Crippen LogP contribution is 2.36. The number of carbonyl (C=O) groups is 1. The number of aliphatic hydroxyl groups is 1. The maximum absolute atomic E-state index is 12.9. The first kappa shape index (κ1) is 21.7. The summed E-state index contributed by atoms with van der Waals surface area (Å²) in [6.07, 6.45) is 1.83. The van der Waals surface area contributed by atoms with Crippen LogP contribution in [-0.4, -0.2) is 21.0 Å². The van der Waals surface area contributed by atoms with Crippen LogP contribution < -0.4 is 5.32 Å². The van der Waals surface area contributed by atoms with E-state index < -0.39 is 0 Å². The van der Waals surface area contributed by atoms with Crippen LogP contribution >= 0.6 is 22.6 Å². The minimum absolute atomic E-state index is 0.0205. The number of aliphatic hydroxyl groups excluding tert-OH is 1. The third-order valence-corrected chi connectivity index (χ3v) is 6.51. The second kappa shape index (κ2) is 9.41. The maximum atomic E-state index is 12.9. The summed E-state index contributed by atoms with van der Waals surface area (Å²) < 4.78 is 1.13. The van der Waals surface area contributed by atoms with Crippen LogP contribution in [0, 0.1) is 3.57 Å². The highest BCUT2D eigenvalue weighted by atomic mass is 127. The van der Waals surface area contributed by atoms with Crippen molar-refractivity contribution in [2.45, 2.75) is 25.9 Å². The zero-order valence-electron chi connectivity index (χ0n) is 17.9. The van der Waals surface area contributed by atoms with Crippen LogP contribution in [0.5, 0.6) is 0 Å². The highest BCUT2D eigenvalue weighted by molar-refractivity contribution is 14.1. The minimum Gasteiger partial charge on any atom is -0.392 e. The predicted octanol–water partition coefficient (Wildman–Crippen LogP) is 5.19. The van der Waals surface area contributed by atoms with Crippen LogP contribution in [-0.2, 0) is 30.7 Å². The standard InChI is InChI=1S/C27H22IN3O2/c28-21-10-6-17(7-11-21)15-24(33)30-27-25(19-4-2-1-3-5-19)31-26-22-12-8-18(16-32)14-20(22)9-13-23(26)29-27/h1-8,10-12,14,32H,9,13,15-16H2,(H,29,30,33). The van der Waals surface area contributed by atoms with E-state index in [0.29, 0.717) is 11.5 Å². The molecule has 5 rings (SSSR count). The fourth-order valence-corrected chi connectivity index (χ4v) is 4.50. The van der Waals surface area contributed by atoms with Crippen molar-refractivity contribution in [3.63, 3.8) is 0 Å². The third kappa shape index (κ3) is 4.67. The molecule has 6 heteroatoms. The summed E-state index contributed by atoms with van der Waals surface area (Å²) in [5, 5.41) is 12.5. The van der Waals surface area contributed by atoms with Crippen molar-refractivity contribution in [1.29, 1.82) is 0 Å². The lowest BCUT2D eigenvalue weighted by Gasteiger charge is -2.21. The molecule has 0 aliphatic heterocycles. The van der Waals surface area contributed by atoms with E-state index in [-0.39, 0.29) is 18.9 Å². The van der Waals surface area contributed by atoms with Gasteiger partial charge in [0.1, 0.15) is 5.69 Å². The molecular weight excluding hydrogens is 525 g/mol. The number of hydrogen-bond donors (Lipinski definition) is 2. The molecule has 0 spiro atoms. The van der Waals surface area contributed by atoms with Crippen molar-refractivity contribution in [1.82, 2.24) is 9.97 Å². The van der Waals surface area contributed by atoms with E-state index in [1.165, 1.54) is 0 Å². The van der Waals surface area contributed by atoms with Gasteiger partial charge in [-0.05, 0) is 64.3 Å². The number of aryl methyl sites for hydroxylation is 2. The van der Waals surface area contributed by atoms with Crippen LogP contribution in [0.2, 0.25) is 0 Å². The predicted molar refractivity (Wildman–Crippen MR) is 138 cm³/mol. The van der Waals surface area contributed by atoms with Gasteiger partial charge in [0, 0.05) is 14.7 Å². The zero-order chi connectivity index (χ0) is 22.8. The van der Waals surface area contributed by atoms with Gasteiger partial charge in [-0.2, -0.15) is 0 Å². The Hall–Kier alpha value is -3.10. The molecule has 0 saturated heterocycles. The number of hydrogen-bond acceptors (Lipinski definition) is 4. The van der Waals surface area contributed by atoms with Gasteiger partial charge >= 0.3 is 0 Å². The van der Waals surface area contributed by atoms with Crippen molar-refractivity contribution < 1.29 is 9.90 Å². The Morgan fingerprint density at radius 1 is 0.909 bits per heavy atom. The van der Waals surface area contributed by atoms with Crippen molar-refractivity contribution in [2.24, 2.45) is 0 Å². The number of aromatic nitrogens is 2. The summed E-state index contributed by atoms with van der Waals surface area (Å²) >= 11 is 2.25. The molecule has 3 aromatic carbocycles. The fraction of sp³-hybridized carbons (Fsp3) is 0.148. The summed E-state index contributed by atoms with van der Waals surface area (Å²) in [5.41, 5.74) is 7.33. The number of nitrogens with zero attached hydrogens (tertiary/aromatic N) is 2. The van der Waals surface area contributed by atoms with Gasteiger partial charge in [0.2, 0.25) is 5.91 Å². The van der Waals surface area contributed by atoms with Crippen LogP contribution in [0.3, 0.4) is 0 Å². The van der Waals surface area contributed by atoms with Gasteiger partial charge in [0.05, 0.1) is 24.4 Å². The molecule has 0 saturated carbocycles. The summed E-state index contributed by atoms with van der Waals surface area (Å²) in [5.74, 6) is 0.373. The molecule has 0 fully saturated rings. The van der Waals surface area contributed by atoms with E-state index in [1.807, 2.05) is 72.8 Å². The summed E-state index contributed by atoms with van der Waals surface area (Å²) in [4.78, 5) is 22.8. The molecule has 1 heterocycles. The molecule has 4 aromatic rings. The number of fused-ring (bicyclic) bond motifs is 3. The largest absolute Gasteiger partial charge is 0.392 e. The molecule has 1 aliphatic carbocycles. The van der Waals surface area contributed by atoms with Gasteiger partial charge < -0.3 is 10.4 Å². The van der Waals surface area contributed by atoms with Gasteiger partial charge in [0.25, 0.3) is 0 Å². The highest BCUT2D eigenvalue weighted by Gasteiger charge is 2.23. The Balaban J connectivity index is 1.53. The first-order valence-corrected chi connectivity index (χ1v) is 11.9. The van der Waals surface area contributed by atoms with E-state index >= 15 is 0 Å². The summed E-state index contributed by atoms with van der Waals surface area (Å²) in [6.45, 7) is 0.0205. The zero-order valence-corrected chi connectivity index (χ0v) is 20.0. The van der Waals surface area contributed by atoms with E-state index in [9.17, 15) is 9.90 Å². The molecule has 164 valence electrons. The van der Waals surface area contributed by atoms with Crippen LogP contribution in [0.1, 0.15) is 22.4 Å². The molecule has 0 radical (unpaired) electrons.